The minimum Gasteiger partial charge on any atom is -0.461 e. The third-order valence-corrected chi connectivity index (χ3v) is 7.66. The Morgan fingerprint density at radius 2 is 1.47 bits per heavy atom. The van der Waals surface area contributed by atoms with Crippen LogP contribution in [-0.2, 0) is 46.5 Å². The number of ketones is 1. The molecule has 0 aliphatic carbocycles. The van der Waals surface area contributed by atoms with Gasteiger partial charge in [0.2, 0.25) is 23.5 Å². The van der Waals surface area contributed by atoms with Gasteiger partial charge >= 0.3 is 5.97 Å². The van der Waals surface area contributed by atoms with Crippen LogP contribution in [0.15, 0.2) is 60.7 Å². The largest absolute Gasteiger partial charge is 0.461 e. The van der Waals surface area contributed by atoms with E-state index < -0.39 is 65.8 Å². The van der Waals surface area contributed by atoms with Gasteiger partial charge in [-0.15, -0.1) is 0 Å². The van der Waals surface area contributed by atoms with Crippen LogP contribution in [0.2, 0.25) is 0 Å². The Morgan fingerprint density at radius 1 is 0.889 bits per heavy atom. The number of hydrogen-bond donors (Lipinski definition) is 3. The van der Waals surface area contributed by atoms with Crippen molar-refractivity contribution in [1.82, 2.24) is 15.5 Å². The van der Waals surface area contributed by atoms with Crippen molar-refractivity contribution in [3.05, 3.63) is 71.8 Å². The molecule has 0 saturated carbocycles. The predicted molar refractivity (Wildman–Crippen MR) is 169 cm³/mol. The molecule has 4 unspecified atom stereocenters. The van der Waals surface area contributed by atoms with Gasteiger partial charge in [-0.3, -0.25) is 28.8 Å². The van der Waals surface area contributed by atoms with Crippen molar-refractivity contribution in [2.24, 2.45) is 23.5 Å². The third kappa shape index (κ3) is 12.2. The summed E-state index contributed by atoms with van der Waals surface area (Å²) >= 11 is 0. The highest BCUT2D eigenvalue weighted by Crippen LogP contribution is 2.19. The number of esters is 1. The topological polar surface area (TPSA) is 165 Å². The smallest absolute Gasteiger partial charge is 0.306 e. The molecule has 11 nitrogen and oxygen atoms in total. The minimum absolute atomic E-state index is 0.0674. The number of amides is 4. The number of nitrogens with one attached hydrogen (secondary N) is 2. The predicted octanol–water partition coefficient (Wildman–Crippen LogP) is 2.55. The summed E-state index contributed by atoms with van der Waals surface area (Å²) in [5, 5.41) is 5.01. The molecule has 2 aromatic rings. The number of rotatable bonds is 18. The molecule has 0 saturated heterocycles. The highest BCUT2D eigenvalue weighted by Gasteiger charge is 2.34. The lowest BCUT2D eigenvalue weighted by Crippen LogP contribution is -2.54. The maximum Gasteiger partial charge on any atom is 0.306 e. The number of likely N-dealkylation sites (N-methyl/N-ethyl adjacent to an activating group) is 1. The highest BCUT2D eigenvalue weighted by atomic mass is 16.5. The summed E-state index contributed by atoms with van der Waals surface area (Å²) < 4.78 is 5.37. The van der Waals surface area contributed by atoms with Crippen LogP contribution >= 0.6 is 0 Å². The Hall–Kier alpha value is -4.54. The van der Waals surface area contributed by atoms with Crippen molar-refractivity contribution in [3.8, 4) is 0 Å². The molecule has 0 aromatic heterocycles. The van der Waals surface area contributed by atoms with Gasteiger partial charge in [-0.05, 0) is 29.4 Å². The maximum absolute atomic E-state index is 13.4. The second-order valence-corrected chi connectivity index (χ2v) is 11.7. The van der Waals surface area contributed by atoms with Gasteiger partial charge in [0.25, 0.3) is 5.91 Å². The number of carbonyl (C=O) groups is 6. The zero-order valence-corrected chi connectivity index (χ0v) is 26.8. The Bertz CT molecular complexity index is 1300. The van der Waals surface area contributed by atoms with Crippen molar-refractivity contribution >= 4 is 35.4 Å². The summed E-state index contributed by atoms with van der Waals surface area (Å²) in [5.41, 5.74) is 7.16. The Morgan fingerprint density at radius 3 is 2.00 bits per heavy atom. The van der Waals surface area contributed by atoms with E-state index in [0.29, 0.717) is 12.8 Å². The monoisotopic (exact) mass is 622 g/mol. The average Bonchev–Trinajstić information content (AvgIpc) is 3.02. The lowest BCUT2D eigenvalue weighted by Gasteiger charge is -2.27. The van der Waals surface area contributed by atoms with Crippen molar-refractivity contribution in [1.29, 1.82) is 0 Å². The van der Waals surface area contributed by atoms with Crippen LogP contribution in [0.1, 0.15) is 58.1 Å². The molecule has 244 valence electrons. The Labute approximate surface area is 265 Å². The number of carbonyl (C=O) groups excluding carboxylic acids is 6. The zero-order chi connectivity index (χ0) is 33.5. The second-order valence-electron chi connectivity index (χ2n) is 11.7. The lowest BCUT2D eigenvalue weighted by atomic mass is 9.90. The van der Waals surface area contributed by atoms with E-state index in [0.717, 1.165) is 16.0 Å². The van der Waals surface area contributed by atoms with E-state index in [1.54, 1.807) is 31.2 Å². The molecule has 0 aliphatic rings. The number of Topliss-reactive ketones (excluding diaryl/α,β-unsaturated/α-hetero) is 1. The van der Waals surface area contributed by atoms with Crippen LogP contribution in [0, 0.1) is 17.8 Å². The fourth-order valence-electron chi connectivity index (χ4n) is 4.77. The molecule has 11 heteroatoms. The van der Waals surface area contributed by atoms with Crippen molar-refractivity contribution in [2.45, 2.75) is 72.1 Å². The Balaban J connectivity index is 2.04. The van der Waals surface area contributed by atoms with E-state index in [4.69, 9.17) is 10.5 Å². The molecule has 0 aliphatic heterocycles. The highest BCUT2D eigenvalue weighted by molar-refractivity contribution is 6.38. The molecule has 2 rings (SSSR count). The van der Waals surface area contributed by atoms with E-state index in [-0.39, 0.29) is 25.4 Å². The van der Waals surface area contributed by atoms with E-state index in [1.807, 2.05) is 57.2 Å². The standard InChI is InChI=1S/C34H46N4O7/c1-6-23(4)30(37-33(43)26(17-22(2)3)19-29(40)45-21-25-15-11-8-12-16-25)31(41)34(44)36-20-28(39)38(5)27(32(35)42)18-24-13-9-7-10-14-24/h7-16,22-23,26-27,30H,6,17-21H2,1-5H3,(H2,35,42)(H,36,44)(H,37,43). The van der Waals surface area contributed by atoms with E-state index in [1.165, 1.54) is 7.05 Å². The second kappa shape index (κ2) is 18.3. The summed E-state index contributed by atoms with van der Waals surface area (Å²) in [6.45, 7) is 6.89. The molecular formula is C34H46N4O7. The molecule has 4 amide bonds. The first-order chi connectivity index (χ1) is 21.3. The maximum atomic E-state index is 13.4. The van der Waals surface area contributed by atoms with Gasteiger partial charge in [-0.2, -0.15) is 0 Å². The quantitative estimate of drug-likeness (QED) is 0.170. The molecule has 2 aromatic carbocycles. The number of ether oxygens (including phenoxy) is 1. The van der Waals surface area contributed by atoms with Gasteiger partial charge < -0.3 is 26.0 Å². The minimum atomic E-state index is -1.18. The fraction of sp³-hybridized carbons (Fsp3) is 0.471. The van der Waals surface area contributed by atoms with Gasteiger partial charge in [0.15, 0.2) is 0 Å². The fourth-order valence-corrected chi connectivity index (χ4v) is 4.77. The Kier molecular flexibility index (Phi) is 14.9. The lowest BCUT2D eigenvalue weighted by molar-refractivity contribution is -0.149. The number of benzene rings is 2. The van der Waals surface area contributed by atoms with Gasteiger partial charge in [0.05, 0.1) is 19.0 Å². The number of nitrogens with two attached hydrogens (primary N) is 1. The normalized spacial score (nSPS) is 13.6. The van der Waals surface area contributed by atoms with Crippen LogP contribution in [0.25, 0.3) is 0 Å². The first-order valence-corrected chi connectivity index (χ1v) is 15.2. The third-order valence-electron chi connectivity index (χ3n) is 7.66. The van der Waals surface area contributed by atoms with E-state index in [2.05, 4.69) is 10.6 Å². The molecule has 4 atom stereocenters. The van der Waals surface area contributed by atoms with Gasteiger partial charge in [-0.1, -0.05) is 94.8 Å². The molecule has 0 bridgehead atoms. The van der Waals surface area contributed by atoms with Crippen LogP contribution in [-0.4, -0.2) is 66.0 Å². The average molecular weight is 623 g/mol. The van der Waals surface area contributed by atoms with Gasteiger partial charge in [-0.25, -0.2) is 0 Å². The molecule has 0 fully saturated rings. The van der Waals surface area contributed by atoms with E-state index >= 15 is 0 Å². The molecule has 45 heavy (non-hydrogen) atoms. The summed E-state index contributed by atoms with van der Waals surface area (Å²) in [5.74, 6) is -5.51. The van der Waals surface area contributed by atoms with Gasteiger partial charge in [0.1, 0.15) is 12.6 Å². The number of nitrogens with zero attached hydrogens (tertiary/aromatic N) is 1. The van der Waals surface area contributed by atoms with Crippen LogP contribution < -0.4 is 16.4 Å². The molecule has 0 radical (unpaired) electrons. The zero-order valence-electron chi connectivity index (χ0n) is 26.8. The SMILES string of the molecule is CCC(C)C(NC(=O)C(CC(=O)OCc1ccccc1)CC(C)C)C(=O)C(=O)NCC(=O)N(C)C(Cc1ccccc1)C(N)=O. The molecule has 0 heterocycles. The van der Waals surface area contributed by atoms with Crippen molar-refractivity contribution < 1.29 is 33.5 Å². The van der Waals surface area contributed by atoms with Crippen LogP contribution in [0.5, 0.6) is 0 Å². The van der Waals surface area contributed by atoms with Gasteiger partial charge in [0, 0.05) is 19.4 Å². The summed E-state index contributed by atoms with van der Waals surface area (Å²) in [7, 11) is 1.40. The van der Waals surface area contributed by atoms with Crippen LogP contribution in [0.4, 0.5) is 0 Å². The summed E-state index contributed by atoms with van der Waals surface area (Å²) in [6.07, 6.45) is 0.837. The molecule has 4 N–H and O–H groups in total. The number of hydrogen-bond acceptors (Lipinski definition) is 7. The summed E-state index contributed by atoms with van der Waals surface area (Å²) in [4.78, 5) is 78.3. The van der Waals surface area contributed by atoms with Crippen LogP contribution in [0.3, 0.4) is 0 Å². The van der Waals surface area contributed by atoms with E-state index in [9.17, 15) is 28.8 Å². The first-order valence-electron chi connectivity index (χ1n) is 15.2. The van der Waals surface area contributed by atoms with Crippen molar-refractivity contribution in [2.75, 3.05) is 13.6 Å². The van der Waals surface area contributed by atoms with Crippen molar-refractivity contribution in [3.63, 3.8) is 0 Å². The number of primary amides is 1. The summed E-state index contributed by atoms with van der Waals surface area (Å²) in [6, 6.07) is 16.1. The molecular weight excluding hydrogens is 576 g/mol. The first kappa shape index (κ1) is 36.7. The molecule has 0 spiro atoms.